The molecule has 1 aliphatic heterocycles. The maximum Gasteiger partial charge on any atom is 0.253 e. The summed E-state index contributed by atoms with van der Waals surface area (Å²) in [5.74, 6) is 0.883. The number of carbonyl (C=O) groups is 1. The van der Waals surface area contributed by atoms with Crippen LogP contribution in [-0.2, 0) is 0 Å². The second-order valence-electron chi connectivity index (χ2n) is 5.81. The number of methoxy groups -OCH3 is 1. The van der Waals surface area contributed by atoms with Crippen molar-refractivity contribution in [3.63, 3.8) is 0 Å². The van der Waals surface area contributed by atoms with Crippen molar-refractivity contribution in [1.82, 2.24) is 4.90 Å². The van der Waals surface area contributed by atoms with Crippen LogP contribution in [0.15, 0.2) is 18.2 Å². The topological polar surface area (TPSA) is 29.5 Å². The molecule has 0 bridgehead atoms. The summed E-state index contributed by atoms with van der Waals surface area (Å²) in [5.41, 5.74) is 1.08. The fourth-order valence-electron chi connectivity index (χ4n) is 2.29. The molecule has 0 aromatic heterocycles. The highest BCUT2D eigenvalue weighted by Crippen LogP contribution is 2.31. The van der Waals surface area contributed by atoms with Crippen molar-refractivity contribution in [3.8, 4) is 5.75 Å². The Morgan fingerprint density at radius 2 is 1.95 bits per heavy atom. The van der Waals surface area contributed by atoms with Gasteiger partial charge in [-0.3, -0.25) is 4.79 Å². The molecule has 0 N–H and O–H groups in total. The standard InChI is InChI=1S/C15H20INO2/c1-15(2)6-8-17(9-7-15)14(18)11-4-5-12(16)13(10-11)19-3/h4-5,10H,6-9H2,1-3H3. The molecule has 0 saturated carbocycles. The summed E-state index contributed by atoms with van der Waals surface area (Å²) in [7, 11) is 1.63. The third-order valence-corrected chi connectivity index (χ3v) is 4.69. The summed E-state index contributed by atoms with van der Waals surface area (Å²) in [6.45, 7) is 6.23. The van der Waals surface area contributed by atoms with Gasteiger partial charge in [0.25, 0.3) is 5.91 Å². The van der Waals surface area contributed by atoms with Crippen molar-refractivity contribution >= 4 is 28.5 Å². The monoisotopic (exact) mass is 373 g/mol. The first-order chi connectivity index (χ1) is 8.93. The van der Waals surface area contributed by atoms with E-state index in [1.54, 1.807) is 7.11 Å². The van der Waals surface area contributed by atoms with Crippen molar-refractivity contribution in [3.05, 3.63) is 27.3 Å². The van der Waals surface area contributed by atoms with Crippen LogP contribution in [0.3, 0.4) is 0 Å². The number of piperidine rings is 1. The quantitative estimate of drug-likeness (QED) is 0.742. The first-order valence-corrected chi connectivity index (χ1v) is 7.64. The van der Waals surface area contributed by atoms with Crippen molar-refractivity contribution < 1.29 is 9.53 Å². The molecule has 1 aromatic carbocycles. The maximum absolute atomic E-state index is 12.5. The first-order valence-electron chi connectivity index (χ1n) is 6.56. The highest BCUT2D eigenvalue weighted by Gasteiger charge is 2.28. The fraction of sp³-hybridized carbons (Fsp3) is 0.533. The number of amides is 1. The minimum atomic E-state index is 0.116. The second kappa shape index (κ2) is 5.69. The third-order valence-electron chi connectivity index (χ3n) is 3.80. The maximum atomic E-state index is 12.5. The first kappa shape index (κ1) is 14.6. The van der Waals surface area contributed by atoms with Gasteiger partial charge in [-0.15, -0.1) is 0 Å². The zero-order chi connectivity index (χ0) is 14.0. The molecule has 19 heavy (non-hydrogen) atoms. The predicted octanol–water partition coefficient (Wildman–Crippen LogP) is 3.56. The number of halogens is 1. The summed E-state index contributed by atoms with van der Waals surface area (Å²) >= 11 is 2.21. The lowest BCUT2D eigenvalue weighted by atomic mass is 9.82. The van der Waals surface area contributed by atoms with Gasteiger partial charge in [-0.25, -0.2) is 0 Å². The minimum absolute atomic E-state index is 0.116. The molecule has 2 rings (SSSR count). The average molecular weight is 373 g/mol. The van der Waals surface area contributed by atoms with E-state index in [-0.39, 0.29) is 5.91 Å². The van der Waals surface area contributed by atoms with Gasteiger partial charge in [0.15, 0.2) is 0 Å². The van der Waals surface area contributed by atoms with Gasteiger partial charge in [-0.1, -0.05) is 13.8 Å². The molecule has 3 nitrogen and oxygen atoms in total. The number of carbonyl (C=O) groups excluding carboxylic acids is 1. The molecule has 1 fully saturated rings. The van der Waals surface area contributed by atoms with E-state index >= 15 is 0 Å². The minimum Gasteiger partial charge on any atom is -0.496 e. The summed E-state index contributed by atoms with van der Waals surface area (Å²) in [4.78, 5) is 14.4. The Hall–Kier alpha value is -0.780. The number of likely N-dealkylation sites (tertiary alicyclic amines) is 1. The molecular formula is C15H20INO2. The lowest BCUT2D eigenvalue weighted by Crippen LogP contribution is -2.41. The van der Waals surface area contributed by atoms with Crippen molar-refractivity contribution in [2.75, 3.05) is 20.2 Å². The van der Waals surface area contributed by atoms with E-state index in [0.29, 0.717) is 5.41 Å². The zero-order valence-corrected chi connectivity index (χ0v) is 13.9. The van der Waals surface area contributed by atoms with E-state index in [0.717, 1.165) is 40.8 Å². The Kier molecular flexibility index (Phi) is 4.38. The van der Waals surface area contributed by atoms with E-state index in [1.165, 1.54) is 0 Å². The van der Waals surface area contributed by atoms with Gasteiger partial charge >= 0.3 is 0 Å². The predicted molar refractivity (Wildman–Crippen MR) is 84.6 cm³/mol. The smallest absolute Gasteiger partial charge is 0.253 e. The summed E-state index contributed by atoms with van der Waals surface area (Å²) < 4.78 is 6.30. The molecule has 1 heterocycles. The summed E-state index contributed by atoms with van der Waals surface area (Å²) in [6, 6.07) is 5.65. The third kappa shape index (κ3) is 3.41. The molecule has 1 amide bonds. The number of hydrogen-bond donors (Lipinski definition) is 0. The van der Waals surface area contributed by atoms with Gasteiger partial charge < -0.3 is 9.64 Å². The van der Waals surface area contributed by atoms with Crippen LogP contribution in [0.4, 0.5) is 0 Å². The van der Waals surface area contributed by atoms with Gasteiger partial charge in [-0.2, -0.15) is 0 Å². The largest absolute Gasteiger partial charge is 0.496 e. The molecule has 0 radical (unpaired) electrons. The molecule has 104 valence electrons. The number of nitrogens with zero attached hydrogens (tertiary/aromatic N) is 1. The lowest BCUT2D eigenvalue weighted by Gasteiger charge is -2.37. The normalized spacial score (nSPS) is 18.2. The van der Waals surface area contributed by atoms with Crippen LogP contribution < -0.4 is 4.74 Å². The Balaban J connectivity index is 2.12. The molecule has 1 aromatic rings. The molecule has 0 spiro atoms. The highest BCUT2D eigenvalue weighted by atomic mass is 127. The summed E-state index contributed by atoms with van der Waals surface area (Å²) in [6.07, 6.45) is 2.14. The number of rotatable bonds is 2. The van der Waals surface area contributed by atoms with Crippen molar-refractivity contribution in [2.45, 2.75) is 26.7 Å². The van der Waals surface area contributed by atoms with Crippen molar-refractivity contribution in [1.29, 1.82) is 0 Å². The fourth-order valence-corrected chi connectivity index (χ4v) is 2.85. The Morgan fingerprint density at radius 1 is 1.32 bits per heavy atom. The molecule has 1 saturated heterocycles. The van der Waals surface area contributed by atoms with Gasteiger partial charge in [0, 0.05) is 18.7 Å². The van der Waals surface area contributed by atoms with Crippen LogP contribution >= 0.6 is 22.6 Å². The SMILES string of the molecule is COc1cc(C(=O)N2CCC(C)(C)CC2)ccc1I. The zero-order valence-electron chi connectivity index (χ0n) is 11.7. The molecule has 1 aliphatic rings. The highest BCUT2D eigenvalue weighted by molar-refractivity contribution is 14.1. The molecule has 0 atom stereocenters. The second-order valence-corrected chi connectivity index (χ2v) is 6.97. The van der Waals surface area contributed by atoms with Crippen LogP contribution in [-0.4, -0.2) is 31.0 Å². The molecular weight excluding hydrogens is 353 g/mol. The van der Waals surface area contributed by atoms with Gasteiger partial charge in [0.05, 0.1) is 10.7 Å². The average Bonchev–Trinajstić information content (AvgIpc) is 2.38. The molecule has 0 unspecified atom stereocenters. The van der Waals surface area contributed by atoms with E-state index in [1.807, 2.05) is 23.1 Å². The van der Waals surface area contributed by atoms with E-state index in [2.05, 4.69) is 36.4 Å². The van der Waals surface area contributed by atoms with Crippen molar-refractivity contribution in [2.24, 2.45) is 5.41 Å². The Bertz CT molecular complexity index is 475. The van der Waals surface area contributed by atoms with Gasteiger partial charge in [-0.05, 0) is 59.0 Å². The van der Waals surface area contributed by atoms with Crippen LogP contribution in [0.25, 0.3) is 0 Å². The van der Waals surface area contributed by atoms with E-state index in [4.69, 9.17) is 4.74 Å². The Labute approximate surface area is 128 Å². The lowest BCUT2D eigenvalue weighted by molar-refractivity contribution is 0.0630. The molecule has 4 heteroatoms. The van der Waals surface area contributed by atoms with Crippen LogP contribution in [0.2, 0.25) is 0 Å². The van der Waals surface area contributed by atoms with E-state index in [9.17, 15) is 4.79 Å². The number of ether oxygens (including phenoxy) is 1. The van der Waals surface area contributed by atoms with Gasteiger partial charge in [0.2, 0.25) is 0 Å². The van der Waals surface area contributed by atoms with Crippen LogP contribution in [0.1, 0.15) is 37.0 Å². The summed E-state index contributed by atoms with van der Waals surface area (Å²) in [5, 5.41) is 0. The number of benzene rings is 1. The van der Waals surface area contributed by atoms with E-state index < -0.39 is 0 Å². The molecule has 0 aliphatic carbocycles. The van der Waals surface area contributed by atoms with Crippen LogP contribution in [0, 0.1) is 8.99 Å². The van der Waals surface area contributed by atoms with Crippen LogP contribution in [0.5, 0.6) is 5.75 Å². The van der Waals surface area contributed by atoms with Gasteiger partial charge in [0.1, 0.15) is 5.75 Å². The number of hydrogen-bond acceptors (Lipinski definition) is 2. The Morgan fingerprint density at radius 3 is 2.53 bits per heavy atom.